The number of aliphatic carboxylic acids is 2. The standard InChI is InChI=1S/C21H36O4/c1-3-4-5-6-7-8-9-10-11-12-13-14-15-16-17-19(21(24)25)18(2)20(22)23/h12-13H,3-11,14-17H2,1-2H3,(H,22,23)(H,24,25)/b13-12-,19-18-. The van der Waals surface area contributed by atoms with Crippen LogP contribution in [0.25, 0.3) is 0 Å². The molecule has 0 amide bonds. The average Bonchev–Trinajstić information content (AvgIpc) is 2.57. The van der Waals surface area contributed by atoms with Crippen LogP contribution in [0.15, 0.2) is 23.3 Å². The number of hydrogen-bond donors (Lipinski definition) is 2. The van der Waals surface area contributed by atoms with Crippen molar-refractivity contribution in [2.24, 2.45) is 0 Å². The predicted molar refractivity (Wildman–Crippen MR) is 103 cm³/mol. The van der Waals surface area contributed by atoms with Crippen LogP contribution in [0.1, 0.15) is 97.3 Å². The van der Waals surface area contributed by atoms with Gasteiger partial charge in [-0.05, 0) is 45.4 Å². The summed E-state index contributed by atoms with van der Waals surface area (Å²) in [6, 6.07) is 0. The number of carbonyl (C=O) groups is 2. The Hall–Kier alpha value is -1.58. The second-order valence-corrected chi connectivity index (χ2v) is 6.69. The van der Waals surface area contributed by atoms with Crippen LogP contribution in [0.2, 0.25) is 0 Å². The van der Waals surface area contributed by atoms with Crippen molar-refractivity contribution in [2.45, 2.75) is 97.3 Å². The van der Waals surface area contributed by atoms with Crippen molar-refractivity contribution in [3.63, 3.8) is 0 Å². The van der Waals surface area contributed by atoms with Crippen LogP contribution >= 0.6 is 0 Å². The molecule has 0 heterocycles. The van der Waals surface area contributed by atoms with Gasteiger partial charge in [0.15, 0.2) is 0 Å². The highest BCUT2D eigenvalue weighted by Crippen LogP contribution is 2.15. The largest absolute Gasteiger partial charge is 0.478 e. The van der Waals surface area contributed by atoms with Gasteiger partial charge in [0.1, 0.15) is 0 Å². The highest BCUT2D eigenvalue weighted by molar-refractivity contribution is 5.98. The van der Waals surface area contributed by atoms with Crippen LogP contribution in [0.5, 0.6) is 0 Å². The van der Waals surface area contributed by atoms with Gasteiger partial charge in [0, 0.05) is 11.1 Å². The van der Waals surface area contributed by atoms with E-state index >= 15 is 0 Å². The quantitative estimate of drug-likeness (QED) is 0.199. The first kappa shape index (κ1) is 23.4. The van der Waals surface area contributed by atoms with Gasteiger partial charge in [-0.2, -0.15) is 0 Å². The molecule has 0 aliphatic heterocycles. The molecule has 0 atom stereocenters. The van der Waals surface area contributed by atoms with E-state index in [-0.39, 0.29) is 11.1 Å². The van der Waals surface area contributed by atoms with Gasteiger partial charge in [-0.25, -0.2) is 9.59 Å². The molecule has 0 radical (unpaired) electrons. The van der Waals surface area contributed by atoms with Crippen LogP contribution in [0, 0.1) is 0 Å². The Kier molecular flexibility index (Phi) is 14.9. The maximum Gasteiger partial charge on any atom is 0.332 e. The van der Waals surface area contributed by atoms with E-state index in [2.05, 4.69) is 19.1 Å². The Bertz CT molecular complexity index is 435. The Morgan fingerprint density at radius 1 is 0.720 bits per heavy atom. The van der Waals surface area contributed by atoms with Crippen molar-refractivity contribution in [1.29, 1.82) is 0 Å². The van der Waals surface area contributed by atoms with Crippen molar-refractivity contribution in [1.82, 2.24) is 0 Å². The van der Waals surface area contributed by atoms with Crippen molar-refractivity contribution >= 4 is 11.9 Å². The van der Waals surface area contributed by atoms with Gasteiger partial charge in [-0.1, -0.05) is 64.0 Å². The minimum atomic E-state index is -1.15. The van der Waals surface area contributed by atoms with Gasteiger partial charge >= 0.3 is 11.9 Å². The number of rotatable bonds is 16. The molecular weight excluding hydrogens is 316 g/mol. The predicted octanol–water partition coefficient (Wildman–Crippen LogP) is 6.12. The zero-order valence-corrected chi connectivity index (χ0v) is 16.1. The minimum Gasteiger partial charge on any atom is -0.478 e. The molecule has 2 N–H and O–H groups in total. The van der Waals surface area contributed by atoms with Crippen molar-refractivity contribution in [2.75, 3.05) is 0 Å². The van der Waals surface area contributed by atoms with E-state index in [9.17, 15) is 9.59 Å². The number of carboxylic acid groups (broad SMARTS) is 2. The molecule has 0 saturated heterocycles. The van der Waals surface area contributed by atoms with E-state index in [0.29, 0.717) is 12.8 Å². The van der Waals surface area contributed by atoms with E-state index in [4.69, 9.17) is 10.2 Å². The molecule has 0 aromatic carbocycles. The molecule has 0 aliphatic rings. The van der Waals surface area contributed by atoms with Crippen LogP contribution in [0.4, 0.5) is 0 Å². The topological polar surface area (TPSA) is 74.6 Å². The number of hydrogen-bond acceptors (Lipinski definition) is 2. The summed E-state index contributed by atoms with van der Waals surface area (Å²) >= 11 is 0. The van der Waals surface area contributed by atoms with Crippen LogP contribution in [-0.2, 0) is 9.59 Å². The zero-order chi connectivity index (χ0) is 18.9. The molecular formula is C21H36O4. The molecule has 4 nitrogen and oxygen atoms in total. The molecule has 0 rings (SSSR count). The Morgan fingerprint density at radius 3 is 1.68 bits per heavy atom. The molecule has 0 unspecified atom stereocenters. The van der Waals surface area contributed by atoms with Gasteiger partial charge in [-0.15, -0.1) is 0 Å². The van der Waals surface area contributed by atoms with Gasteiger partial charge in [0.25, 0.3) is 0 Å². The summed E-state index contributed by atoms with van der Waals surface area (Å²) in [5, 5.41) is 17.9. The summed E-state index contributed by atoms with van der Waals surface area (Å²) in [6.45, 7) is 3.60. The Balaban J connectivity index is 3.65. The van der Waals surface area contributed by atoms with Crippen molar-refractivity contribution in [3.05, 3.63) is 23.3 Å². The number of carboxylic acids is 2. The molecule has 0 bridgehead atoms. The van der Waals surface area contributed by atoms with Crippen molar-refractivity contribution < 1.29 is 19.8 Å². The van der Waals surface area contributed by atoms with Crippen LogP contribution in [-0.4, -0.2) is 22.2 Å². The van der Waals surface area contributed by atoms with Crippen molar-refractivity contribution in [3.8, 4) is 0 Å². The summed E-state index contributed by atoms with van der Waals surface area (Å²) in [7, 11) is 0. The third-order valence-corrected chi connectivity index (χ3v) is 4.47. The van der Waals surface area contributed by atoms with Gasteiger partial charge in [0.2, 0.25) is 0 Å². The Labute approximate surface area is 153 Å². The zero-order valence-electron chi connectivity index (χ0n) is 16.1. The molecule has 0 aromatic heterocycles. The average molecular weight is 353 g/mol. The fourth-order valence-electron chi connectivity index (χ4n) is 2.78. The highest BCUT2D eigenvalue weighted by Gasteiger charge is 2.15. The summed E-state index contributed by atoms with van der Waals surface area (Å²) in [5.74, 6) is -2.27. The van der Waals surface area contributed by atoms with E-state index in [1.807, 2.05) is 0 Å². The monoisotopic (exact) mass is 352 g/mol. The van der Waals surface area contributed by atoms with E-state index < -0.39 is 11.9 Å². The smallest absolute Gasteiger partial charge is 0.332 e. The molecule has 0 fully saturated rings. The highest BCUT2D eigenvalue weighted by atomic mass is 16.4. The third-order valence-electron chi connectivity index (χ3n) is 4.47. The lowest BCUT2D eigenvalue weighted by Crippen LogP contribution is -2.09. The summed E-state index contributed by atoms with van der Waals surface area (Å²) in [5.41, 5.74) is -0.0341. The fraction of sp³-hybridized carbons (Fsp3) is 0.714. The Morgan fingerprint density at radius 2 is 1.20 bits per heavy atom. The molecule has 144 valence electrons. The first-order valence-corrected chi connectivity index (χ1v) is 9.82. The fourth-order valence-corrected chi connectivity index (χ4v) is 2.78. The van der Waals surface area contributed by atoms with E-state index in [1.165, 1.54) is 58.3 Å². The van der Waals surface area contributed by atoms with Gasteiger partial charge < -0.3 is 10.2 Å². The lowest BCUT2D eigenvalue weighted by Gasteiger charge is -2.04. The first-order valence-electron chi connectivity index (χ1n) is 9.82. The summed E-state index contributed by atoms with van der Waals surface area (Å²) in [6.07, 6.45) is 19.0. The lowest BCUT2D eigenvalue weighted by molar-refractivity contribution is -0.136. The maximum absolute atomic E-state index is 11.1. The van der Waals surface area contributed by atoms with Crippen LogP contribution in [0.3, 0.4) is 0 Å². The second-order valence-electron chi connectivity index (χ2n) is 6.69. The number of unbranched alkanes of at least 4 members (excludes halogenated alkanes) is 10. The molecule has 0 aromatic rings. The SMILES string of the molecule is CCCCCCCCCC/C=C\CCCC/C(C(=O)O)=C(\C)C(=O)O. The molecule has 4 heteroatoms. The molecule has 0 saturated carbocycles. The van der Waals surface area contributed by atoms with E-state index in [0.717, 1.165) is 19.3 Å². The second kappa shape index (κ2) is 15.9. The van der Waals surface area contributed by atoms with Crippen LogP contribution < -0.4 is 0 Å². The van der Waals surface area contributed by atoms with E-state index in [1.54, 1.807) is 0 Å². The maximum atomic E-state index is 11.1. The summed E-state index contributed by atoms with van der Waals surface area (Å²) in [4.78, 5) is 21.9. The third kappa shape index (κ3) is 13.4. The number of allylic oxidation sites excluding steroid dienone is 2. The molecule has 25 heavy (non-hydrogen) atoms. The van der Waals surface area contributed by atoms with Gasteiger partial charge in [0.05, 0.1) is 0 Å². The minimum absolute atomic E-state index is 0.0235. The lowest BCUT2D eigenvalue weighted by atomic mass is 10.0. The summed E-state index contributed by atoms with van der Waals surface area (Å²) < 4.78 is 0. The van der Waals surface area contributed by atoms with Gasteiger partial charge in [-0.3, -0.25) is 0 Å². The normalized spacial score (nSPS) is 12.4. The first-order chi connectivity index (χ1) is 12.0. The molecule has 0 aliphatic carbocycles. The molecule has 0 spiro atoms.